The van der Waals surface area contributed by atoms with Crippen molar-refractivity contribution in [3.8, 4) is 39.4 Å². The van der Waals surface area contributed by atoms with Crippen LogP contribution in [0.4, 0.5) is 0 Å². The number of benzene rings is 5. The topological polar surface area (TPSA) is 41.1 Å². The smallest absolute Gasteiger partial charge is 0.139 e. The van der Waals surface area contributed by atoms with Crippen LogP contribution in [0.1, 0.15) is 35.6 Å². The van der Waals surface area contributed by atoms with E-state index in [1.807, 2.05) is 6.07 Å². The maximum absolute atomic E-state index is 10.00. The van der Waals surface area contributed by atoms with Gasteiger partial charge in [-0.25, -0.2) is 4.98 Å². The van der Waals surface area contributed by atoms with E-state index in [0.29, 0.717) is 11.5 Å². The fraction of sp³-hybridized carbons (Fsp3) is 0.0870. The van der Waals surface area contributed by atoms with Gasteiger partial charge < -0.3 is 0 Å². The van der Waals surface area contributed by atoms with Crippen LogP contribution in [0.3, 0.4) is 0 Å². The second kappa shape index (κ2) is 11.0. The Morgan fingerprint density at radius 3 is 2.22 bits per heavy atom. The summed E-state index contributed by atoms with van der Waals surface area (Å²) in [6.07, 6.45) is 10.2. The third-order valence-corrected chi connectivity index (χ3v) is 11.9. The van der Waals surface area contributed by atoms with E-state index in [0.717, 1.165) is 28.7 Å². The van der Waals surface area contributed by atoms with Gasteiger partial charge in [0.05, 0.1) is 17.0 Å². The number of rotatable bonds is 4. The molecule has 0 saturated heterocycles. The number of nitriles is 1. The maximum Gasteiger partial charge on any atom is 0.139 e. The molecule has 2 unspecified atom stereocenters. The van der Waals surface area contributed by atoms with Gasteiger partial charge in [0.1, 0.15) is 16.0 Å². The number of thiophene rings is 1. The van der Waals surface area contributed by atoms with E-state index in [2.05, 4.69) is 163 Å². The molecule has 4 heteroatoms. The van der Waals surface area contributed by atoms with Gasteiger partial charge in [0, 0.05) is 16.3 Å². The molecule has 0 N–H and O–H groups in total. The van der Waals surface area contributed by atoms with Crippen molar-refractivity contribution in [3.63, 3.8) is 0 Å². The monoisotopic (exact) mass is 657 g/mol. The van der Waals surface area contributed by atoms with Crippen LogP contribution in [0.5, 0.6) is 0 Å². The molecule has 10 rings (SSSR count). The summed E-state index contributed by atoms with van der Waals surface area (Å²) < 4.78 is 3.47. The number of pyridine rings is 1. The Balaban J connectivity index is 1.09. The number of fused-ring (bicyclic) bond motifs is 8. The molecule has 2 aliphatic rings. The van der Waals surface area contributed by atoms with Crippen molar-refractivity contribution in [1.29, 1.82) is 5.26 Å². The van der Waals surface area contributed by atoms with Crippen LogP contribution in [0.25, 0.3) is 59.5 Å². The summed E-state index contributed by atoms with van der Waals surface area (Å²) in [4.78, 5) is 6.23. The second-order valence-electron chi connectivity index (χ2n) is 13.6. The third-order valence-electron chi connectivity index (χ3n) is 10.7. The summed E-state index contributed by atoms with van der Waals surface area (Å²) in [6.45, 7) is 2.27. The fourth-order valence-electron chi connectivity index (χ4n) is 8.24. The van der Waals surface area contributed by atoms with Crippen molar-refractivity contribution in [1.82, 2.24) is 9.38 Å². The van der Waals surface area contributed by atoms with Crippen LogP contribution in [0.2, 0.25) is 0 Å². The van der Waals surface area contributed by atoms with Gasteiger partial charge >= 0.3 is 0 Å². The second-order valence-corrected chi connectivity index (χ2v) is 14.6. The average molecular weight is 658 g/mol. The molecule has 3 aromatic heterocycles. The van der Waals surface area contributed by atoms with E-state index in [9.17, 15) is 5.26 Å². The summed E-state index contributed by atoms with van der Waals surface area (Å²) in [5, 5.41) is 11.2. The molecule has 236 valence electrons. The van der Waals surface area contributed by atoms with Crippen molar-refractivity contribution in [2.75, 3.05) is 0 Å². The molecule has 0 fully saturated rings. The van der Waals surface area contributed by atoms with E-state index in [1.165, 1.54) is 59.4 Å². The first kappa shape index (κ1) is 28.9. The molecule has 50 heavy (non-hydrogen) atoms. The van der Waals surface area contributed by atoms with Crippen LogP contribution in [-0.4, -0.2) is 9.38 Å². The predicted molar refractivity (Wildman–Crippen MR) is 206 cm³/mol. The lowest BCUT2D eigenvalue weighted by Gasteiger charge is -2.36. The zero-order valence-corrected chi connectivity index (χ0v) is 28.3. The van der Waals surface area contributed by atoms with Crippen molar-refractivity contribution in [3.05, 3.63) is 180 Å². The molecule has 5 aromatic carbocycles. The minimum atomic E-state index is -0.524. The van der Waals surface area contributed by atoms with Crippen molar-refractivity contribution in [2.45, 2.75) is 18.8 Å². The molecule has 0 radical (unpaired) electrons. The highest BCUT2D eigenvalue weighted by molar-refractivity contribution is 7.25. The first-order valence-electron chi connectivity index (χ1n) is 17.2. The number of aromatic nitrogens is 2. The molecule has 2 atom stereocenters. The van der Waals surface area contributed by atoms with Gasteiger partial charge in [-0.05, 0) is 104 Å². The number of imidazole rings is 1. The first-order chi connectivity index (χ1) is 24.6. The molecule has 0 bridgehead atoms. The molecule has 8 aromatic rings. The summed E-state index contributed by atoms with van der Waals surface area (Å²) in [5.41, 5.74) is 14.2. The minimum absolute atomic E-state index is 0.493. The third kappa shape index (κ3) is 4.17. The van der Waals surface area contributed by atoms with Crippen molar-refractivity contribution < 1.29 is 0 Å². The lowest BCUT2D eigenvalue weighted by molar-refractivity contribution is 0.691. The Kier molecular flexibility index (Phi) is 6.37. The van der Waals surface area contributed by atoms with E-state index in [1.54, 1.807) is 11.3 Å². The zero-order chi connectivity index (χ0) is 33.4. The zero-order valence-electron chi connectivity index (χ0n) is 27.5. The molecule has 0 spiro atoms. The van der Waals surface area contributed by atoms with Crippen LogP contribution >= 0.6 is 11.3 Å². The van der Waals surface area contributed by atoms with Crippen molar-refractivity contribution >= 4 is 37.4 Å². The highest BCUT2D eigenvalue weighted by Crippen LogP contribution is 2.58. The summed E-state index contributed by atoms with van der Waals surface area (Å²) in [5.74, 6) is 0.493. The largest absolute Gasteiger partial charge is 0.291 e. The molecule has 3 nitrogen and oxygen atoms in total. The average Bonchev–Trinajstić information content (AvgIpc) is 3.81. The van der Waals surface area contributed by atoms with Crippen molar-refractivity contribution in [2.24, 2.45) is 5.92 Å². The normalized spacial score (nSPS) is 17.9. The van der Waals surface area contributed by atoms with Gasteiger partial charge in [-0.1, -0.05) is 116 Å². The van der Waals surface area contributed by atoms with Gasteiger partial charge in [-0.3, -0.25) is 4.40 Å². The highest BCUT2D eigenvalue weighted by atomic mass is 32.1. The Hall–Kier alpha value is -6.02. The molecule has 0 saturated carbocycles. The van der Waals surface area contributed by atoms with Crippen LogP contribution in [0, 0.1) is 17.2 Å². The highest BCUT2D eigenvalue weighted by Gasteiger charge is 2.47. The fourth-order valence-corrected chi connectivity index (χ4v) is 9.38. The lowest BCUT2D eigenvalue weighted by atomic mass is 9.65. The summed E-state index contributed by atoms with van der Waals surface area (Å²) >= 11 is 1.79. The summed E-state index contributed by atoms with van der Waals surface area (Å²) in [6, 6.07) is 48.2. The van der Waals surface area contributed by atoms with E-state index >= 15 is 0 Å². The van der Waals surface area contributed by atoms with Gasteiger partial charge in [0.2, 0.25) is 0 Å². The van der Waals surface area contributed by atoms with E-state index < -0.39 is 5.41 Å². The summed E-state index contributed by atoms with van der Waals surface area (Å²) in [7, 11) is 0. The first-order valence-corrected chi connectivity index (χ1v) is 18.0. The predicted octanol–water partition coefficient (Wildman–Crippen LogP) is 11.7. The molecular weight excluding hydrogens is 627 g/mol. The molecule has 3 heterocycles. The van der Waals surface area contributed by atoms with Gasteiger partial charge in [-0.2, -0.15) is 5.26 Å². The molecule has 2 aliphatic carbocycles. The maximum atomic E-state index is 10.00. The quantitative estimate of drug-likeness (QED) is 0.189. The Morgan fingerprint density at radius 2 is 1.46 bits per heavy atom. The standard InChI is InChI=1S/C46H31N3S/c1-29-11-19-36(20-12-29)46(35-7-3-2-4-8-35)40-25-30(28-47)13-21-37(40)38-22-18-33(26-41(38)46)31-14-16-32(17-15-31)34-23-24-49-43(27-34)48-44-39-9-5-6-10-42(39)50-45(44)49/h2-11,13-27,29H,12H2,1H3. The van der Waals surface area contributed by atoms with Gasteiger partial charge in [0.15, 0.2) is 0 Å². The Bertz CT molecular complexity index is 2760. The number of hydrogen-bond donors (Lipinski definition) is 0. The molecule has 0 amide bonds. The number of hydrogen-bond acceptors (Lipinski definition) is 3. The SMILES string of the molecule is CC1C=CC(C2(c3ccccc3)c3cc(C#N)ccc3-c3ccc(-c4ccc(-c5ccn6c(c5)nc5c7ccccc7sc56)cc4)cc32)=CC1. The van der Waals surface area contributed by atoms with Gasteiger partial charge in [-0.15, -0.1) is 11.3 Å². The molecular formula is C46H31N3S. The minimum Gasteiger partial charge on any atom is -0.291 e. The van der Waals surface area contributed by atoms with E-state index in [-0.39, 0.29) is 0 Å². The number of nitrogens with zero attached hydrogens (tertiary/aromatic N) is 3. The van der Waals surface area contributed by atoms with Gasteiger partial charge in [0.25, 0.3) is 0 Å². The Morgan fingerprint density at radius 1 is 0.760 bits per heavy atom. The van der Waals surface area contributed by atoms with Crippen LogP contribution in [0.15, 0.2) is 157 Å². The molecule has 0 aliphatic heterocycles. The van der Waals surface area contributed by atoms with Crippen LogP contribution < -0.4 is 0 Å². The number of allylic oxidation sites excluding steroid dienone is 4. The van der Waals surface area contributed by atoms with E-state index in [4.69, 9.17) is 4.98 Å². The lowest BCUT2D eigenvalue weighted by Crippen LogP contribution is -2.30. The Labute approximate surface area is 294 Å². The van der Waals surface area contributed by atoms with Crippen LogP contribution in [-0.2, 0) is 5.41 Å².